The zero-order chi connectivity index (χ0) is 12.6. The molecule has 1 aromatic carbocycles. The summed E-state index contributed by atoms with van der Waals surface area (Å²) >= 11 is 0. The fourth-order valence-electron chi connectivity index (χ4n) is 2.01. The van der Waals surface area contributed by atoms with Gasteiger partial charge in [0.15, 0.2) is 5.82 Å². The number of rotatable bonds is 2. The standard InChI is InChI=1S/C13H17N3O/c1-8-6-12(17-4)9(2)5-10(8)11-7-16(3)15-13(11)14/h5-7H,1-4H3,(H2,14,15). The molecule has 0 saturated heterocycles. The van der Waals surface area contributed by atoms with Crippen molar-refractivity contribution in [2.45, 2.75) is 13.8 Å². The lowest BCUT2D eigenvalue weighted by Gasteiger charge is -2.10. The second-order valence-electron chi connectivity index (χ2n) is 4.24. The first-order valence-corrected chi connectivity index (χ1v) is 5.47. The van der Waals surface area contributed by atoms with Crippen molar-refractivity contribution < 1.29 is 4.74 Å². The van der Waals surface area contributed by atoms with E-state index in [0.717, 1.165) is 28.0 Å². The van der Waals surface area contributed by atoms with E-state index >= 15 is 0 Å². The van der Waals surface area contributed by atoms with Crippen molar-refractivity contribution in [3.63, 3.8) is 0 Å². The number of nitrogens with zero attached hydrogens (tertiary/aromatic N) is 2. The van der Waals surface area contributed by atoms with E-state index in [1.54, 1.807) is 11.8 Å². The summed E-state index contributed by atoms with van der Waals surface area (Å²) in [5.74, 6) is 1.45. The molecule has 0 atom stereocenters. The molecule has 2 aromatic rings. The second-order valence-corrected chi connectivity index (χ2v) is 4.24. The zero-order valence-electron chi connectivity index (χ0n) is 10.6. The number of aromatic nitrogens is 2. The van der Waals surface area contributed by atoms with Gasteiger partial charge >= 0.3 is 0 Å². The molecule has 90 valence electrons. The predicted octanol–water partition coefficient (Wildman–Crippen LogP) is 2.29. The van der Waals surface area contributed by atoms with Crippen LogP contribution in [0.25, 0.3) is 11.1 Å². The minimum Gasteiger partial charge on any atom is -0.496 e. The highest BCUT2D eigenvalue weighted by molar-refractivity contribution is 5.77. The summed E-state index contributed by atoms with van der Waals surface area (Å²) in [6.07, 6.45) is 1.93. The lowest BCUT2D eigenvalue weighted by Crippen LogP contribution is -1.93. The number of aryl methyl sites for hydroxylation is 3. The van der Waals surface area contributed by atoms with Gasteiger partial charge in [0.1, 0.15) is 5.75 Å². The smallest absolute Gasteiger partial charge is 0.153 e. The Kier molecular flexibility index (Phi) is 2.79. The lowest BCUT2D eigenvalue weighted by atomic mass is 9.99. The van der Waals surface area contributed by atoms with Crippen molar-refractivity contribution >= 4 is 5.82 Å². The minimum absolute atomic E-state index is 0.556. The number of nitrogens with two attached hydrogens (primary N) is 1. The van der Waals surface area contributed by atoms with Gasteiger partial charge in [0.05, 0.1) is 7.11 Å². The highest BCUT2D eigenvalue weighted by atomic mass is 16.5. The van der Waals surface area contributed by atoms with E-state index < -0.39 is 0 Å². The van der Waals surface area contributed by atoms with Crippen molar-refractivity contribution in [3.8, 4) is 16.9 Å². The number of nitrogen functional groups attached to an aromatic ring is 1. The Bertz CT molecular complexity index is 558. The average molecular weight is 231 g/mol. The van der Waals surface area contributed by atoms with E-state index in [2.05, 4.69) is 11.2 Å². The largest absolute Gasteiger partial charge is 0.496 e. The van der Waals surface area contributed by atoms with Crippen LogP contribution in [0.2, 0.25) is 0 Å². The molecule has 4 nitrogen and oxygen atoms in total. The molecule has 17 heavy (non-hydrogen) atoms. The Morgan fingerprint density at radius 1 is 1.18 bits per heavy atom. The normalized spacial score (nSPS) is 10.6. The molecule has 0 radical (unpaired) electrons. The number of hydrogen-bond acceptors (Lipinski definition) is 3. The summed E-state index contributed by atoms with van der Waals surface area (Å²) in [7, 11) is 3.55. The quantitative estimate of drug-likeness (QED) is 0.862. The van der Waals surface area contributed by atoms with Crippen LogP contribution in [0, 0.1) is 13.8 Å². The van der Waals surface area contributed by atoms with Crippen LogP contribution >= 0.6 is 0 Å². The van der Waals surface area contributed by atoms with Crippen molar-refractivity contribution in [2.24, 2.45) is 7.05 Å². The summed E-state index contributed by atoms with van der Waals surface area (Å²) in [5, 5.41) is 4.16. The molecular formula is C13H17N3O. The maximum atomic E-state index is 5.90. The van der Waals surface area contributed by atoms with Crippen LogP contribution in [-0.4, -0.2) is 16.9 Å². The third-order valence-corrected chi connectivity index (χ3v) is 2.89. The van der Waals surface area contributed by atoms with Crippen molar-refractivity contribution in [1.29, 1.82) is 0 Å². The third-order valence-electron chi connectivity index (χ3n) is 2.89. The van der Waals surface area contributed by atoms with Crippen LogP contribution in [0.3, 0.4) is 0 Å². The van der Waals surface area contributed by atoms with Crippen LogP contribution in [0.1, 0.15) is 11.1 Å². The molecule has 0 aliphatic heterocycles. The Morgan fingerprint density at radius 2 is 1.88 bits per heavy atom. The molecule has 0 fully saturated rings. The second kappa shape index (κ2) is 4.13. The average Bonchev–Trinajstić information content (AvgIpc) is 2.60. The topological polar surface area (TPSA) is 53.1 Å². The van der Waals surface area contributed by atoms with Gasteiger partial charge in [-0.15, -0.1) is 0 Å². The summed E-state index contributed by atoms with van der Waals surface area (Å²) in [5.41, 5.74) is 10.2. The molecule has 0 saturated carbocycles. The maximum absolute atomic E-state index is 5.90. The van der Waals surface area contributed by atoms with Crippen LogP contribution in [0.5, 0.6) is 5.75 Å². The minimum atomic E-state index is 0.556. The molecule has 2 N–H and O–H groups in total. The van der Waals surface area contributed by atoms with Crippen molar-refractivity contribution in [1.82, 2.24) is 9.78 Å². The van der Waals surface area contributed by atoms with Crippen LogP contribution < -0.4 is 10.5 Å². The Morgan fingerprint density at radius 3 is 2.41 bits per heavy atom. The lowest BCUT2D eigenvalue weighted by molar-refractivity contribution is 0.411. The first kappa shape index (κ1) is 11.5. The number of methoxy groups -OCH3 is 1. The predicted molar refractivity (Wildman–Crippen MR) is 69.1 cm³/mol. The van der Waals surface area contributed by atoms with Gasteiger partial charge in [-0.1, -0.05) is 0 Å². The maximum Gasteiger partial charge on any atom is 0.153 e. The summed E-state index contributed by atoms with van der Waals surface area (Å²) in [6.45, 7) is 4.07. The SMILES string of the molecule is COc1cc(C)c(-c2cn(C)nc2N)cc1C. The summed E-state index contributed by atoms with van der Waals surface area (Å²) < 4.78 is 7.03. The van der Waals surface area contributed by atoms with Crippen molar-refractivity contribution in [3.05, 3.63) is 29.5 Å². The molecule has 1 aromatic heterocycles. The number of benzene rings is 1. The van der Waals surface area contributed by atoms with E-state index in [1.807, 2.05) is 33.2 Å². The summed E-state index contributed by atoms with van der Waals surface area (Å²) in [4.78, 5) is 0. The molecule has 0 bridgehead atoms. The number of hydrogen-bond donors (Lipinski definition) is 1. The molecule has 0 aliphatic carbocycles. The van der Waals surface area contributed by atoms with Gasteiger partial charge in [-0.25, -0.2) is 0 Å². The van der Waals surface area contributed by atoms with Gasteiger partial charge < -0.3 is 10.5 Å². The summed E-state index contributed by atoms with van der Waals surface area (Å²) in [6, 6.07) is 4.11. The Balaban J connectivity index is 2.60. The van der Waals surface area contributed by atoms with E-state index in [-0.39, 0.29) is 0 Å². The van der Waals surface area contributed by atoms with Gasteiger partial charge in [0.25, 0.3) is 0 Å². The van der Waals surface area contributed by atoms with E-state index in [9.17, 15) is 0 Å². The third kappa shape index (κ3) is 1.98. The molecular weight excluding hydrogens is 214 g/mol. The van der Waals surface area contributed by atoms with Crippen LogP contribution in [0.4, 0.5) is 5.82 Å². The van der Waals surface area contributed by atoms with Gasteiger partial charge in [-0.2, -0.15) is 5.10 Å². The van der Waals surface area contributed by atoms with Gasteiger partial charge in [-0.05, 0) is 42.7 Å². The highest BCUT2D eigenvalue weighted by Gasteiger charge is 2.11. The molecule has 0 amide bonds. The zero-order valence-corrected chi connectivity index (χ0v) is 10.6. The van der Waals surface area contributed by atoms with Gasteiger partial charge in [0.2, 0.25) is 0 Å². The van der Waals surface area contributed by atoms with Gasteiger partial charge in [0, 0.05) is 18.8 Å². The first-order chi connectivity index (χ1) is 8.02. The molecule has 4 heteroatoms. The number of anilines is 1. The van der Waals surface area contributed by atoms with E-state index in [0.29, 0.717) is 5.82 Å². The molecule has 2 rings (SSSR count). The van der Waals surface area contributed by atoms with Crippen molar-refractivity contribution in [2.75, 3.05) is 12.8 Å². The van der Waals surface area contributed by atoms with Crippen LogP contribution in [0.15, 0.2) is 18.3 Å². The molecule has 0 unspecified atom stereocenters. The Labute approximate surface area is 101 Å². The Hall–Kier alpha value is -1.97. The highest BCUT2D eigenvalue weighted by Crippen LogP contribution is 2.32. The van der Waals surface area contributed by atoms with E-state index in [4.69, 9.17) is 10.5 Å². The molecule has 0 aliphatic rings. The molecule has 0 spiro atoms. The van der Waals surface area contributed by atoms with Gasteiger partial charge in [-0.3, -0.25) is 4.68 Å². The fourth-order valence-corrected chi connectivity index (χ4v) is 2.01. The van der Waals surface area contributed by atoms with E-state index in [1.165, 1.54) is 0 Å². The first-order valence-electron chi connectivity index (χ1n) is 5.47. The fraction of sp³-hybridized carbons (Fsp3) is 0.308. The monoisotopic (exact) mass is 231 g/mol. The molecule has 1 heterocycles. The number of ether oxygens (including phenoxy) is 1. The van der Waals surface area contributed by atoms with Crippen LogP contribution in [-0.2, 0) is 7.05 Å².